The molecule has 0 spiro atoms. The molecule has 0 unspecified atom stereocenters. The zero-order chi connectivity index (χ0) is 17.2. The molecule has 1 aromatic heterocycles. The van der Waals surface area contributed by atoms with Crippen LogP contribution in [0.2, 0.25) is 0 Å². The zero-order valence-electron chi connectivity index (χ0n) is 14.2. The highest BCUT2D eigenvalue weighted by atomic mass is 16.2. The fourth-order valence-electron chi connectivity index (χ4n) is 3.81. The van der Waals surface area contributed by atoms with E-state index in [1.807, 2.05) is 23.1 Å². The smallest absolute Gasteiger partial charge is 0.317 e. The molecule has 2 aliphatic rings. The summed E-state index contributed by atoms with van der Waals surface area (Å²) in [6.45, 7) is 4.42. The van der Waals surface area contributed by atoms with E-state index < -0.39 is 0 Å². The summed E-state index contributed by atoms with van der Waals surface area (Å²) in [6.07, 6.45) is 2.75. The summed E-state index contributed by atoms with van der Waals surface area (Å²) in [7, 11) is 0. The SMILES string of the molecule is O=C1NCCN1C1CCN(CCc2nc3ccccc3c(=O)[nH]2)CC1. The van der Waals surface area contributed by atoms with E-state index in [9.17, 15) is 9.59 Å². The molecule has 0 aliphatic carbocycles. The van der Waals surface area contributed by atoms with E-state index in [-0.39, 0.29) is 11.6 Å². The Morgan fingerprint density at radius 3 is 2.68 bits per heavy atom. The Balaban J connectivity index is 1.34. The summed E-state index contributed by atoms with van der Waals surface area (Å²) >= 11 is 0. The third kappa shape index (κ3) is 3.37. The highest BCUT2D eigenvalue weighted by Crippen LogP contribution is 2.18. The van der Waals surface area contributed by atoms with Crippen LogP contribution in [0.25, 0.3) is 10.9 Å². The van der Waals surface area contributed by atoms with Crippen molar-refractivity contribution in [1.29, 1.82) is 0 Å². The molecular formula is C18H23N5O2. The van der Waals surface area contributed by atoms with E-state index >= 15 is 0 Å². The van der Waals surface area contributed by atoms with Crippen molar-refractivity contribution in [3.8, 4) is 0 Å². The Morgan fingerprint density at radius 1 is 1.12 bits per heavy atom. The van der Waals surface area contributed by atoms with Crippen LogP contribution in [0.5, 0.6) is 0 Å². The lowest BCUT2D eigenvalue weighted by Gasteiger charge is -2.36. The Bertz CT molecular complexity index is 826. The average Bonchev–Trinajstić information content (AvgIpc) is 3.06. The van der Waals surface area contributed by atoms with Crippen molar-refractivity contribution < 1.29 is 4.79 Å². The van der Waals surface area contributed by atoms with Gasteiger partial charge in [-0.1, -0.05) is 12.1 Å². The topological polar surface area (TPSA) is 81.3 Å². The zero-order valence-corrected chi connectivity index (χ0v) is 14.2. The van der Waals surface area contributed by atoms with Gasteiger partial charge in [0, 0.05) is 45.2 Å². The van der Waals surface area contributed by atoms with E-state index in [0.29, 0.717) is 11.4 Å². The number of hydrogen-bond acceptors (Lipinski definition) is 4. The van der Waals surface area contributed by atoms with Gasteiger partial charge in [0.1, 0.15) is 5.82 Å². The minimum Gasteiger partial charge on any atom is -0.336 e. The molecule has 0 bridgehead atoms. The van der Waals surface area contributed by atoms with Crippen molar-refractivity contribution in [3.63, 3.8) is 0 Å². The highest BCUT2D eigenvalue weighted by molar-refractivity contribution is 5.77. The van der Waals surface area contributed by atoms with Gasteiger partial charge < -0.3 is 20.1 Å². The van der Waals surface area contributed by atoms with E-state index in [1.165, 1.54) is 0 Å². The van der Waals surface area contributed by atoms with Gasteiger partial charge in [-0.2, -0.15) is 0 Å². The molecular weight excluding hydrogens is 318 g/mol. The quantitative estimate of drug-likeness (QED) is 0.868. The third-order valence-electron chi connectivity index (χ3n) is 5.21. The number of para-hydroxylation sites is 1. The van der Waals surface area contributed by atoms with Crippen LogP contribution in [0.1, 0.15) is 18.7 Å². The molecule has 0 radical (unpaired) electrons. The number of carbonyl (C=O) groups excluding carboxylic acids is 1. The Hall–Kier alpha value is -2.41. The first-order chi connectivity index (χ1) is 12.2. The summed E-state index contributed by atoms with van der Waals surface area (Å²) in [5, 5.41) is 3.51. The summed E-state index contributed by atoms with van der Waals surface area (Å²) in [5.74, 6) is 0.741. The van der Waals surface area contributed by atoms with Crippen molar-refractivity contribution in [1.82, 2.24) is 25.1 Å². The summed E-state index contributed by atoms with van der Waals surface area (Å²) < 4.78 is 0. The summed E-state index contributed by atoms with van der Waals surface area (Å²) in [6, 6.07) is 7.86. The number of aromatic nitrogens is 2. The number of hydrogen-bond donors (Lipinski definition) is 2. The number of carbonyl (C=O) groups is 1. The molecule has 2 aromatic rings. The number of rotatable bonds is 4. The van der Waals surface area contributed by atoms with Crippen molar-refractivity contribution in [2.45, 2.75) is 25.3 Å². The molecule has 7 heteroatoms. The van der Waals surface area contributed by atoms with Crippen LogP contribution in [0.4, 0.5) is 4.79 Å². The normalized spacial score (nSPS) is 19.5. The molecule has 2 fully saturated rings. The molecule has 7 nitrogen and oxygen atoms in total. The number of likely N-dealkylation sites (tertiary alicyclic amines) is 1. The second-order valence-electron chi connectivity index (χ2n) is 6.78. The molecule has 2 saturated heterocycles. The van der Waals surface area contributed by atoms with Crippen LogP contribution in [0.15, 0.2) is 29.1 Å². The second-order valence-corrected chi connectivity index (χ2v) is 6.78. The summed E-state index contributed by atoms with van der Waals surface area (Å²) in [4.78, 5) is 35.7. The van der Waals surface area contributed by atoms with E-state index in [4.69, 9.17) is 0 Å². The Morgan fingerprint density at radius 2 is 1.92 bits per heavy atom. The maximum absolute atomic E-state index is 12.1. The number of aromatic amines is 1. The number of nitrogens with one attached hydrogen (secondary N) is 2. The number of urea groups is 1. The van der Waals surface area contributed by atoms with E-state index in [2.05, 4.69) is 20.2 Å². The highest BCUT2D eigenvalue weighted by Gasteiger charge is 2.30. The van der Waals surface area contributed by atoms with Gasteiger partial charge in [-0.25, -0.2) is 9.78 Å². The first-order valence-electron chi connectivity index (χ1n) is 8.95. The van der Waals surface area contributed by atoms with Crippen LogP contribution in [0, 0.1) is 0 Å². The Kier molecular flexibility index (Phi) is 4.40. The lowest BCUT2D eigenvalue weighted by atomic mass is 10.0. The lowest BCUT2D eigenvalue weighted by Crippen LogP contribution is -2.46. The van der Waals surface area contributed by atoms with Crippen molar-refractivity contribution in [2.75, 3.05) is 32.7 Å². The van der Waals surface area contributed by atoms with Crippen molar-refractivity contribution in [2.24, 2.45) is 0 Å². The van der Waals surface area contributed by atoms with Gasteiger partial charge in [0.15, 0.2) is 0 Å². The monoisotopic (exact) mass is 341 g/mol. The van der Waals surface area contributed by atoms with E-state index in [1.54, 1.807) is 6.07 Å². The van der Waals surface area contributed by atoms with Gasteiger partial charge in [0.2, 0.25) is 0 Å². The second kappa shape index (κ2) is 6.84. The molecule has 2 aliphatic heterocycles. The standard InChI is InChI=1S/C18H23N5O2/c24-17-14-3-1-2-4-15(14)20-16(21-17)7-11-22-9-5-13(6-10-22)23-12-8-19-18(23)25/h1-4,13H,5-12H2,(H,19,25)(H,20,21,24). The molecule has 2 amide bonds. The molecule has 3 heterocycles. The van der Waals surface area contributed by atoms with Crippen LogP contribution in [-0.4, -0.2) is 64.6 Å². The molecule has 25 heavy (non-hydrogen) atoms. The number of piperidine rings is 1. The van der Waals surface area contributed by atoms with Gasteiger partial charge in [-0.15, -0.1) is 0 Å². The lowest BCUT2D eigenvalue weighted by molar-refractivity contribution is 0.136. The predicted molar refractivity (Wildman–Crippen MR) is 95.6 cm³/mol. The molecule has 132 valence electrons. The first-order valence-corrected chi connectivity index (χ1v) is 8.95. The largest absolute Gasteiger partial charge is 0.336 e. The van der Waals surface area contributed by atoms with Crippen LogP contribution in [-0.2, 0) is 6.42 Å². The fourth-order valence-corrected chi connectivity index (χ4v) is 3.81. The minimum atomic E-state index is -0.0700. The van der Waals surface area contributed by atoms with Crippen molar-refractivity contribution in [3.05, 3.63) is 40.4 Å². The van der Waals surface area contributed by atoms with Crippen LogP contribution < -0.4 is 10.9 Å². The van der Waals surface area contributed by atoms with E-state index in [0.717, 1.165) is 63.3 Å². The predicted octanol–water partition coefficient (Wildman–Crippen LogP) is 0.955. The average molecular weight is 341 g/mol. The number of amides is 2. The number of benzene rings is 1. The first kappa shape index (κ1) is 16.1. The minimum absolute atomic E-state index is 0.0700. The molecule has 0 atom stereocenters. The van der Waals surface area contributed by atoms with Crippen LogP contribution in [0.3, 0.4) is 0 Å². The number of nitrogens with zero attached hydrogens (tertiary/aromatic N) is 3. The molecule has 4 rings (SSSR count). The van der Waals surface area contributed by atoms with Gasteiger partial charge in [0.05, 0.1) is 10.9 Å². The van der Waals surface area contributed by atoms with Gasteiger partial charge in [-0.05, 0) is 25.0 Å². The molecule has 2 N–H and O–H groups in total. The van der Waals surface area contributed by atoms with Gasteiger partial charge in [0.25, 0.3) is 5.56 Å². The maximum atomic E-state index is 12.1. The van der Waals surface area contributed by atoms with Crippen molar-refractivity contribution >= 4 is 16.9 Å². The molecule has 1 aromatic carbocycles. The Labute approximate surface area is 146 Å². The molecule has 0 saturated carbocycles. The third-order valence-corrected chi connectivity index (χ3v) is 5.21. The number of H-pyrrole nitrogens is 1. The van der Waals surface area contributed by atoms with Gasteiger partial charge in [-0.3, -0.25) is 4.79 Å². The maximum Gasteiger partial charge on any atom is 0.317 e. The number of fused-ring (bicyclic) bond motifs is 1. The summed E-state index contributed by atoms with van der Waals surface area (Å²) in [5.41, 5.74) is 0.680. The van der Waals surface area contributed by atoms with Crippen LogP contribution >= 0.6 is 0 Å². The van der Waals surface area contributed by atoms with Gasteiger partial charge >= 0.3 is 6.03 Å². The fraction of sp³-hybridized carbons (Fsp3) is 0.500.